The number of aromatic carboxylic acids is 1. The highest BCUT2D eigenvalue weighted by molar-refractivity contribution is 5.98. The fourth-order valence-electron chi connectivity index (χ4n) is 4.24. The monoisotopic (exact) mass is 431 g/mol. The quantitative estimate of drug-likeness (QED) is 0.570. The van der Waals surface area contributed by atoms with Gasteiger partial charge in [-0.05, 0) is 42.5 Å². The lowest BCUT2D eigenvalue weighted by atomic mass is 9.86. The molecule has 6 nitrogen and oxygen atoms in total. The van der Waals surface area contributed by atoms with Crippen molar-refractivity contribution in [1.29, 1.82) is 0 Å². The van der Waals surface area contributed by atoms with Gasteiger partial charge in [0, 0.05) is 23.9 Å². The third-order valence-corrected chi connectivity index (χ3v) is 5.96. The minimum absolute atomic E-state index is 0.0265. The minimum atomic E-state index is -1.24. The van der Waals surface area contributed by atoms with E-state index in [9.17, 15) is 19.5 Å². The number of carboxylic acids is 1. The molecule has 3 aromatic rings. The van der Waals surface area contributed by atoms with Crippen LogP contribution < -0.4 is 10.2 Å². The Bertz CT molecular complexity index is 1260. The Kier molecular flexibility index (Phi) is 5.70. The summed E-state index contributed by atoms with van der Waals surface area (Å²) in [7, 11) is 0. The molecule has 1 aliphatic rings. The van der Waals surface area contributed by atoms with Crippen molar-refractivity contribution in [3.05, 3.63) is 87.2 Å². The Hall–Kier alpha value is -3.67. The van der Waals surface area contributed by atoms with Gasteiger partial charge in [-0.2, -0.15) is 0 Å². The van der Waals surface area contributed by atoms with Gasteiger partial charge in [0.15, 0.2) is 11.2 Å². The van der Waals surface area contributed by atoms with Crippen LogP contribution in [0.2, 0.25) is 0 Å². The van der Waals surface area contributed by atoms with Crippen LogP contribution in [0.5, 0.6) is 5.75 Å². The predicted octanol–water partition coefficient (Wildman–Crippen LogP) is 4.75. The van der Waals surface area contributed by atoms with E-state index in [2.05, 4.69) is 13.8 Å². The molecule has 0 fully saturated rings. The number of rotatable bonds is 6. The largest absolute Gasteiger partial charge is 0.488 e. The highest BCUT2D eigenvalue weighted by Gasteiger charge is 2.29. The van der Waals surface area contributed by atoms with Crippen LogP contribution in [-0.2, 0) is 13.0 Å². The van der Waals surface area contributed by atoms with E-state index in [0.29, 0.717) is 30.0 Å². The molecule has 0 saturated heterocycles. The summed E-state index contributed by atoms with van der Waals surface area (Å²) in [6.45, 7) is 5.95. The van der Waals surface area contributed by atoms with Gasteiger partial charge in [0.05, 0.1) is 11.3 Å². The summed E-state index contributed by atoms with van der Waals surface area (Å²) in [5, 5.41) is 9.42. The van der Waals surface area contributed by atoms with Crippen molar-refractivity contribution in [3.63, 3.8) is 0 Å². The first kappa shape index (κ1) is 21.6. The molecule has 0 bridgehead atoms. The van der Waals surface area contributed by atoms with Gasteiger partial charge in [0.25, 0.3) is 0 Å². The number of benzene rings is 2. The smallest absolute Gasteiger partial charge is 0.341 e. The summed E-state index contributed by atoms with van der Waals surface area (Å²) >= 11 is 0. The lowest BCUT2D eigenvalue weighted by Crippen LogP contribution is -2.28. The third kappa shape index (κ3) is 3.96. The van der Waals surface area contributed by atoms with E-state index in [1.54, 1.807) is 6.07 Å². The first-order chi connectivity index (χ1) is 15.3. The SMILES string of the molecule is CC(=O)c1cc2c(cc1OCc1ccccc1)CC(C(C)C)n1cc(C(=O)O)c(=O)cc1-2. The first-order valence-electron chi connectivity index (χ1n) is 10.6. The van der Waals surface area contributed by atoms with E-state index in [0.717, 1.165) is 16.7 Å². The molecule has 0 spiro atoms. The standard InChI is InChI=1S/C26H25NO5/c1-15(2)22-9-18-10-25(32-14-17-7-5-4-6-8-17)19(16(3)28)11-20(18)23-12-24(29)21(26(30)31)13-27(22)23/h4-8,10-13,15,22H,9,14H2,1-3H3,(H,30,31). The molecule has 1 unspecified atom stereocenters. The lowest BCUT2D eigenvalue weighted by molar-refractivity contribution is 0.0694. The van der Waals surface area contributed by atoms with Crippen molar-refractivity contribution in [2.75, 3.05) is 0 Å². The summed E-state index contributed by atoms with van der Waals surface area (Å²) in [6.07, 6.45) is 2.07. The zero-order valence-corrected chi connectivity index (χ0v) is 18.3. The second-order valence-electron chi connectivity index (χ2n) is 8.50. The van der Waals surface area contributed by atoms with Gasteiger partial charge in [0.2, 0.25) is 0 Å². The Morgan fingerprint density at radius 2 is 1.84 bits per heavy atom. The van der Waals surface area contributed by atoms with Crippen LogP contribution in [0.1, 0.15) is 58.7 Å². The van der Waals surface area contributed by atoms with Gasteiger partial charge < -0.3 is 14.4 Å². The number of hydrogen-bond donors (Lipinski definition) is 1. The molecular weight excluding hydrogens is 406 g/mol. The first-order valence-corrected chi connectivity index (χ1v) is 10.6. The van der Waals surface area contributed by atoms with E-state index < -0.39 is 11.4 Å². The molecule has 0 saturated carbocycles. The average Bonchev–Trinajstić information content (AvgIpc) is 2.76. The number of hydrogen-bond acceptors (Lipinski definition) is 4. The number of pyridine rings is 1. The molecule has 2 aromatic carbocycles. The zero-order valence-electron chi connectivity index (χ0n) is 18.3. The highest BCUT2D eigenvalue weighted by Crippen LogP contribution is 2.40. The number of Topliss-reactive ketones (excluding diaryl/α,β-unsaturated/α-hetero) is 1. The number of fused-ring (bicyclic) bond motifs is 3. The molecule has 0 amide bonds. The number of ketones is 1. The van der Waals surface area contributed by atoms with E-state index in [1.807, 2.05) is 41.0 Å². The second kappa shape index (κ2) is 8.46. The summed E-state index contributed by atoms with van der Waals surface area (Å²) < 4.78 is 7.91. The van der Waals surface area contributed by atoms with Crippen LogP contribution in [0.3, 0.4) is 0 Å². The number of carboxylic acid groups (broad SMARTS) is 1. The number of carbonyl (C=O) groups is 2. The van der Waals surface area contributed by atoms with Crippen LogP contribution in [-0.4, -0.2) is 21.4 Å². The van der Waals surface area contributed by atoms with E-state index >= 15 is 0 Å². The molecule has 6 heteroatoms. The van der Waals surface area contributed by atoms with Gasteiger partial charge in [-0.3, -0.25) is 9.59 Å². The van der Waals surface area contributed by atoms with Crippen LogP contribution in [0, 0.1) is 5.92 Å². The predicted molar refractivity (Wildman–Crippen MR) is 121 cm³/mol. The van der Waals surface area contributed by atoms with Crippen molar-refractivity contribution in [2.45, 2.75) is 39.8 Å². The molecule has 32 heavy (non-hydrogen) atoms. The van der Waals surface area contributed by atoms with E-state index in [-0.39, 0.29) is 23.3 Å². The molecule has 4 rings (SSSR count). The van der Waals surface area contributed by atoms with Gasteiger partial charge in [-0.15, -0.1) is 0 Å². The summed E-state index contributed by atoms with van der Waals surface area (Å²) in [5.74, 6) is -0.668. The van der Waals surface area contributed by atoms with Crippen molar-refractivity contribution in [1.82, 2.24) is 4.57 Å². The summed E-state index contributed by atoms with van der Waals surface area (Å²) in [5.41, 5.74) is 2.98. The van der Waals surface area contributed by atoms with Gasteiger partial charge in [0.1, 0.15) is 17.9 Å². The maximum absolute atomic E-state index is 12.5. The maximum Gasteiger partial charge on any atom is 0.341 e. The van der Waals surface area contributed by atoms with E-state index in [4.69, 9.17) is 4.74 Å². The molecular formula is C26H25NO5. The summed E-state index contributed by atoms with van der Waals surface area (Å²) in [4.78, 5) is 36.4. The molecule has 1 atom stereocenters. The van der Waals surface area contributed by atoms with Crippen molar-refractivity contribution < 1.29 is 19.4 Å². The highest BCUT2D eigenvalue weighted by atomic mass is 16.5. The van der Waals surface area contributed by atoms with Crippen LogP contribution in [0.25, 0.3) is 11.3 Å². The lowest BCUT2D eigenvalue weighted by Gasteiger charge is -2.34. The summed E-state index contributed by atoms with van der Waals surface area (Å²) in [6, 6.07) is 14.7. The number of aromatic nitrogens is 1. The molecule has 1 aromatic heterocycles. The zero-order chi connectivity index (χ0) is 23.0. The number of ether oxygens (including phenoxy) is 1. The Morgan fingerprint density at radius 3 is 2.47 bits per heavy atom. The molecule has 1 aliphatic heterocycles. The average molecular weight is 431 g/mol. The molecule has 1 N–H and O–H groups in total. The fraction of sp³-hybridized carbons (Fsp3) is 0.269. The molecule has 164 valence electrons. The van der Waals surface area contributed by atoms with Crippen molar-refractivity contribution >= 4 is 11.8 Å². The van der Waals surface area contributed by atoms with Gasteiger partial charge >= 0.3 is 5.97 Å². The van der Waals surface area contributed by atoms with Gasteiger partial charge in [-0.1, -0.05) is 44.2 Å². The van der Waals surface area contributed by atoms with Crippen molar-refractivity contribution in [3.8, 4) is 17.0 Å². The normalized spacial score (nSPS) is 14.6. The maximum atomic E-state index is 12.5. The number of nitrogens with zero attached hydrogens (tertiary/aromatic N) is 1. The Balaban J connectivity index is 1.84. The molecule has 0 aliphatic carbocycles. The molecule has 0 radical (unpaired) electrons. The molecule has 2 heterocycles. The van der Waals surface area contributed by atoms with Crippen LogP contribution >= 0.6 is 0 Å². The topological polar surface area (TPSA) is 85.6 Å². The third-order valence-electron chi connectivity index (χ3n) is 5.96. The Morgan fingerprint density at radius 1 is 1.12 bits per heavy atom. The van der Waals surface area contributed by atoms with Crippen molar-refractivity contribution in [2.24, 2.45) is 5.92 Å². The van der Waals surface area contributed by atoms with Crippen LogP contribution in [0.4, 0.5) is 0 Å². The van der Waals surface area contributed by atoms with Gasteiger partial charge in [-0.25, -0.2) is 4.79 Å². The Labute approximate surface area is 186 Å². The minimum Gasteiger partial charge on any atom is -0.488 e. The van der Waals surface area contributed by atoms with Crippen LogP contribution in [0.15, 0.2) is 59.5 Å². The number of carbonyl (C=O) groups excluding carboxylic acids is 1. The van der Waals surface area contributed by atoms with E-state index in [1.165, 1.54) is 19.2 Å². The second-order valence-corrected chi connectivity index (χ2v) is 8.50. The fourth-order valence-corrected chi connectivity index (χ4v) is 4.24.